The fourth-order valence-electron chi connectivity index (χ4n) is 4.03. The second kappa shape index (κ2) is 10.9. The SMILES string of the molecule is COc1cccc([C@H](CNC(=O)CCNS(=O)(=O)c2cc(C)ccc2C)N2CCCC2)c1. The first-order valence-corrected chi connectivity index (χ1v) is 12.5. The van der Waals surface area contributed by atoms with Crippen LogP contribution >= 0.6 is 0 Å². The van der Waals surface area contributed by atoms with E-state index in [1.165, 1.54) is 0 Å². The number of carbonyl (C=O) groups excluding carboxylic acids is 1. The first-order chi connectivity index (χ1) is 15.3. The highest BCUT2D eigenvalue weighted by atomic mass is 32.2. The Balaban J connectivity index is 1.56. The van der Waals surface area contributed by atoms with Crippen LogP contribution in [0.15, 0.2) is 47.4 Å². The molecule has 2 N–H and O–H groups in total. The van der Waals surface area contributed by atoms with Gasteiger partial charge in [-0.25, -0.2) is 13.1 Å². The number of hydrogen-bond acceptors (Lipinski definition) is 5. The number of ether oxygens (including phenoxy) is 1. The smallest absolute Gasteiger partial charge is 0.240 e. The molecule has 3 rings (SSSR count). The quantitative estimate of drug-likeness (QED) is 0.570. The fourth-order valence-corrected chi connectivity index (χ4v) is 5.39. The van der Waals surface area contributed by atoms with Gasteiger partial charge in [0.25, 0.3) is 0 Å². The van der Waals surface area contributed by atoms with E-state index >= 15 is 0 Å². The molecule has 1 aliphatic rings. The zero-order valence-electron chi connectivity index (χ0n) is 19.1. The first-order valence-electron chi connectivity index (χ1n) is 11.0. The van der Waals surface area contributed by atoms with Crippen LogP contribution < -0.4 is 14.8 Å². The molecule has 32 heavy (non-hydrogen) atoms. The minimum absolute atomic E-state index is 0.0507. The van der Waals surface area contributed by atoms with E-state index in [1.807, 2.05) is 31.2 Å². The summed E-state index contributed by atoms with van der Waals surface area (Å²) in [7, 11) is -2.01. The Hall–Kier alpha value is -2.42. The average molecular weight is 460 g/mol. The molecule has 1 saturated heterocycles. The third-order valence-corrected chi connectivity index (χ3v) is 7.43. The lowest BCUT2D eigenvalue weighted by atomic mass is 10.0. The maximum atomic E-state index is 12.6. The van der Waals surface area contributed by atoms with E-state index in [4.69, 9.17) is 4.74 Å². The van der Waals surface area contributed by atoms with Crippen molar-refractivity contribution in [3.05, 3.63) is 59.2 Å². The summed E-state index contributed by atoms with van der Waals surface area (Å²) in [6.07, 6.45) is 2.37. The maximum Gasteiger partial charge on any atom is 0.240 e. The molecule has 0 bridgehead atoms. The van der Waals surface area contributed by atoms with Crippen LogP contribution in [0.5, 0.6) is 5.75 Å². The van der Waals surface area contributed by atoms with E-state index < -0.39 is 10.0 Å². The van der Waals surface area contributed by atoms with Crippen molar-refractivity contribution in [2.45, 2.75) is 44.0 Å². The lowest BCUT2D eigenvalue weighted by Crippen LogP contribution is -2.38. The van der Waals surface area contributed by atoms with Gasteiger partial charge in [-0.1, -0.05) is 24.3 Å². The van der Waals surface area contributed by atoms with E-state index in [-0.39, 0.29) is 29.8 Å². The minimum Gasteiger partial charge on any atom is -0.497 e. The predicted molar refractivity (Wildman–Crippen MR) is 125 cm³/mol. The second-order valence-electron chi connectivity index (χ2n) is 8.26. The average Bonchev–Trinajstić information content (AvgIpc) is 3.30. The van der Waals surface area contributed by atoms with Gasteiger partial charge in [0, 0.05) is 19.5 Å². The van der Waals surface area contributed by atoms with Crippen molar-refractivity contribution in [3.63, 3.8) is 0 Å². The predicted octanol–water partition coefficient (Wildman–Crippen LogP) is 2.93. The summed E-state index contributed by atoms with van der Waals surface area (Å²) >= 11 is 0. The Labute approximate surface area is 191 Å². The summed E-state index contributed by atoms with van der Waals surface area (Å²) in [6.45, 7) is 6.12. The van der Waals surface area contributed by atoms with Crippen molar-refractivity contribution >= 4 is 15.9 Å². The first kappa shape index (κ1) is 24.2. The van der Waals surface area contributed by atoms with Gasteiger partial charge in [0.2, 0.25) is 15.9 Å². The molecule has 7 nitrogen and oxygen atoms in total. The lowest BCUT2D eigenvalue weighted by Gasteiger charge is -2.28. The van der Waals surface area contributed by atoms with Crippen LogP contribution in [0.25, 0.3) is 0 Å². The molecule has 1 heterocycles. The Morgan fingerprint density at radius 3 is 2.59 bits per heavy atom. The van der Waals surface area contributed by atoms with Crippen molar-refractivity contribution in [3.8, 4) is 5.75 Å². The number of likely N-dealkylation sites (tertiary alicyclic amines) is 1. The zero-order valence-corrected chi connectivity index (χ0v) is 19.9. The number of benzene rings is 2. The molecule has 1 amide bonds. The van der Waals surface area contributed by atoms with Gasteiger partial charge in [-0.2, -0.15) is 0 Å². The highest BCUT2D eigenvalue weighted by molar-refractivity contribution is 7.89. The van der Waals surface area contributed by atoms with Crippen molar-refractivity contribution in [2.75, 3.05) is 33.3 Å². The minimum atomic E-state index is -3.66. The van der Waals surface area contributed by atoms with E-state index in [9.17, 15) is 13.2 Å². The van der Waals surface area contributed by atoms with Crippen molar-refractivity contribution < 1.29 is 17.9 Å². The molecule has 2 aromatic rings. The summed E-state index contributed by atoms with van der Waals surface area (Å²) in [4.78, 5) is 15.1. The molecule has 2 aromatic carbocycles. The summed E-state index contributed by atoms with van der Waals surface area (Å²) in [5.74, 6) is 0.611. The van der Waals surface area contributed by atoms with E-state index in [2.05, 4.69) is 21.0 Å². The molecule has 0 saturated carbocycles. The highest BCUT2D eigenvalue weighted by Crippen LogP contribution is 2.27. The molecule has 0 radical (unpaired) electrons. The number of sulfonamides is 1. The molecule has 1 aliphatic heterocycles. The zero-order chi connectivity index (χ0) is 23.1. The number of carbonyl (C=O) groups is 1. The van der Waals surface area contributed by atoms with E-state index in [0.717, 1.165) is 42.8 Å². The van der Waals surface area contributed by atoms with Crippen molar-refractivity contribution in [2.24, 2.45) is 0 Å². The maximum absolute atomic E-state index is 12.6. The van der Waals surface area contributed by atoms with Gasteiger partial charge in [-0.15, -0.1) is 0 Å². The van der Waals surface area contributed by atoms with Gasteiger partial charge in [0.1, 0.15) is 5.75 Å². The number of methoxy groups -OCH3 is 1. The summed E-state index contributed by atoms with van der Waals surface area (Å²) in [5.41, 5.74) is 2.65. The Morgan fingerprint density at radius 1 is 1.12 bits per heavy atom. The monoisotopic (exact) mass is 459 g/mol. The lowest BCUT2D eigenvalue weighted by molar-refractivity contribution is -0.121. The molecule has 0 spiro atoms. The van der Waals surface area contributed by atoms with Crippen LogP contribution in [0.3, 0.4) is 0 Å². The summed E-state index contributed by atoms with van der Waals surface area (Å²) < 4.78 is 33.1. The normalized spacial score (nSPS) is 15.5. The topological polar surface area (TPSA) is 87.7 Å². The number of aryl methyl sites for hydroxylation is 2. The summed E-state index contributed by atoms with van der Waals surface area (Å²) in [5, 5.41) is 2.99. The molecule has 0 aromatic heterocycles. The molecule has 0 unspecified atom stereocenters. The van der Waals surface area contributed by atoms with E-state index in [1.54, 1.807) is 26.2 Å². The van der Waals surface area contributed by atoms with Gasteiger partial charge in [0.15, 0.2) is 0 Å². The molecule has 8 heteroatoms. The Bertz CT molecular complexity index is 1030. The van der Waals surface area contributed by atoms with Crippen LogP contribution in [-0.4, -0.2) is 52.5 Å². The van der Waals surface area contributed by atoms with Gasteiger partial charge < -0.3 is 10.1 Å². The molecule has 0 aliphatic carbocycles. The number of nitrogens with zero attached hydrogens (tertiary/aromatic N) is 1. The van der Waals surface area contributed by atoms with Gasteiger partial charge in [-0.3, -0.25) is 9.69 Å². The van der Waals surface area contributed by atoms with E-state index in [0.29, 0.717) is 12.1 Å². The van der Waals surface area contributed by atoms with Crippen LogP contribution in [0.1, 0.15) is 42.0 Å². The molecule has 1 fully saturated rings. The summed E-state index contributed by atoms with van der Waals surface area (Å²) in [6, 6.07) is 13.3. The third-order valence-electron chi connectivity index (χ3n) is 5.83. The Morgan fingerprint density at radius 2 is 1.88 bits per heavy atom. The third kappa shape index (κ3) is 6.31. The second-order valence-corrected chi connectivity index (χ2v) is 9.99. The number of rotatable bonds is 10. The van der Waals surface area contributed by atoms with Crippen LogP contribution in [0.4, 0.5) is 0 Å². The highest BCUT2D eigenvalue weighted by Gasteiger charge is 2.24. The van der Waals surface area contributed by atoms with Crippen LogP contribution in [0.2, 0.25) is 0 Å². The van der Waals surface area contributed by atoms with Crippen molar-refractivity contribution in [1.29, 1.82) is 0 Å². The van der Waals surface area contributed by atoms with Gasteiger partial charge >= 0.3 is 0 Å². The number of nitrogens with one attached hydrogen (secondary N) is 2. The molecule has 1 atom stereocenters. The molecule has 174 valence electrons. The molecular weight excluding hydrogens is 426 g/mol. The van der Waals surface area contributed by atoms with Gasteiger partial charge in [0.05, 0.1) is 18.0 Å². The largest absolute Gasteiger partial charge is 0.497 e. The van der Waals surface area contributed by atoms with Crippen LogP contribution in [-0.2, 0) is 14.8 Å². The Kier molecular flexibility index (Phi) is 8.28. The number of hydrogen-bond donors (Lipinski definition) is 2. The number of amides is 1. The standard InChI is InChI=1S/C24H33N3O4S/c1-18-9-10-19(2)23(15-18)32(29,30)26-12-11-24(28)25-17-22(27-13-4-5-14-27)20-7-6-8-21(16-20)31-3/h6-10,15-16,22,26H,4-5,11-14,17H2,1-3H3,(H,25,28)/t22-/m0/s1. The fraction of sp³-hybridized carbons (Fsp3) is 0.458. The van der Waals surface area contributed by atoms with Gasteiger partial charge in [-0.05, 0) is 74.7 Å². The van der Waals surface area contributed by atoms with Crippen LogP contribution in [0, 0.1) is 13.8 Å². The van der Waals surface area contributed by atoms with Crippen molar-refractivity contribution in [1.82, 2.24) is 14.9 Å². The molecular formula is C24H33N3O4S.